The molecule has 1 heterocycles. The number of rotatable bonds is 3. The zero-order valence-electron chi connectivity index (χ0n) is 9.27. The molecule has 2 rings (SSSR count). The summed E-state index contributed by atoms with van der Waals surface area (Å²) in [5, 5.41) is 5.95. The minimum absolute atomic E-state index is 0.0858. The Hall–Kier alpha value is -1.30. The molecule has 1 unspecified atom stereocenters. The summed E-state index contributed by atoms with van der Waals surface area (Å²) in [6.07, 6.45) is 0. The van der Waals surface area contributed by atoms with Gasteiger partial charge in [-0.3, -0.25) is 5.84 Å². The topological polar surface area (TPSA) is 63.8 Å². The summed E-state index contributed by atoms with van der Waals surface area (Å²) < 4.78 is 3.86. The molecule has 3 N–H and O–H groups in total. The van der Waals surface area contributed by atoms with Gasteiger partial charge in [0.25, 0.3) is 0 Å². The van der Waals surface area contributed by atoms with Crippen LogP contribution in [0.15, 0.2) is 23.6 Å². The van der Waals surface area contributed by atoms with Gasteiger partial charge >= 0.3 is 0 Å². The monoisotopic (exact) mass is 234 g/mol. The Bertz CT molecular complexity index is 447. The predicted octanol–water partition coefficient (Wildman–Crippen LogP) is 1.71. The standard InChI is InChI=1S/C11H14N4S/c1-7-3-8(2)5-9(4-7)11(13-12)10-6-16-15-14-10/h3-6,11,13H,12H2,1-2H3. The fourth-order valence-electron chi connectivity index (χ4n) is 1.83. The van der Waals surface area contributed by atoms with Crippen LogP contribution < -0.4 is 11.3 Å². The second-order valence-electron chi connectivity index (χ2n) is 3.85. The van der Waals surface area contributed by atoms with Gasteiger partial charge in [-0.05, 0) is 30.9 Å². The van der Waals surface area contributed by atoms with Crippen molar-refractivity contribution in [3.63, 3.8) is 0 Å². The van der Waals surface area contributed by atoms with Crippen LogP contribution in [0.2, 0.25) is 0 Å². The van der Waals surface area contributed by atoms with E-state index in [0.29, 0.717) is 0 Å². The number of hydrogen-bond acceptors (Lipinski definition) is 5. The van der Waals surface area contributed by atoms with Crippen LogP contribution in [0.1, 0.15) is 28.4 Å². The second-order valence-corrected chi connectivity index (χ2v) is 4.46. The fraction of sp³-hybridized carbons (Fsp3) is 0.273. The number of hydrogen-bond donors (Lipinski definition) is 2. The van der Waals surface area contributed by atoms with Gasteiger partial charge in [0, 0.05) is 5.38 Å². The predicted molar refractivity (Wildman–Crippen MR) is 65.0 cm³/mol. The summed E-state index contributed by atoms with van der Waals surface area (Å²) in [4.78, 5) is 0. The minimum Gasteiger partial charge on any atom is -0.271 e. The molecule has 0 spiro atoms. The number of aryl methyl sites for hydroxylation is 2. The summed E-state index contributed by atoms with van der Waals surface area (Å²) in [5.41, 5.74) is 7.20. The van der Waals surface area contributed by atoms with Crippen LogP contribution in [0.3, 0.4) is 0 Å². The number of nitrogens with zero attached hydrogens (tertiary/aromatic N) is 2. The Morgan fingerprint density at radius 2 is 1.94 bits per heavy atom. The van der Waals surface area contributed by atoms with Gasteiger partial charge in [0.05, 0.1) is 11.7 Å². The molecule has 0 aliphatic heterocycles. The van der Waals surface area contributed by atoms with E-state index in [4.69, 9.17) is 5.84 Å². The molecule has 0 fully saturated rings. The summed E-state index contributed by atoms with van der Waals surface area (Å²) >= 11 is 1.33. The van der Waals surface area contributed by atoms with E-state index in [0.717, 1.165) is 11.3 Å². The van der Waals surface area contributed by atoms with Crippen molar-refractivity contribution < 1.29 is 0 Å². The highest BCUT2D eigenvalue weighted by Crippen LogP contribution is 2.22. The quantitative estimate of drug-likeness (QED) is 0.627. The van der Waals surface area contributed by atoms with Crippen molar-refractivity contribution in [3.8, 4) is 0 Å². The summed E-state index contributed by atoms with van der Waals surface area (Å²) in [6.45, 7) is 4.15. The van der Waals surface area contributed by atoms with Gasteiger partial charge in [-0.25, -0.2) is 5.43 Å². The molecule has 0 saturated carbocycles. The molecule has 84 valence electrons. The third-order valence-corrected chi connectivity index (χ3v) is 2.94. The van der Waals surface area contributed by atoms with Crippen LogP contribution >= 0.6 is 11.5 Å². The van der Waals surface area contributed by atoms with E-state index in [-0.39, 0.29) is 6.04 Å². The van der Waals surface area contributed by atoms with Crippen molar-refractivity contribution in [1.82, 2.24) is 15.0 Å². The van der Waals surface area contributed by atoms with Crippen LogP contribution in [-0.2, 0) is 0 Å². The lowest BCUT2D eigenvalue weighted by Crippen LogP contribution is -2.29. The molecule has 1 atom stereocenters. The average molecular weight is 234 g/mol. The normalized spacial score (nSPS) is 12.7. The highest BCUT2D eigenvalue weighted by molar-refractivity contribution is 7.03. The molecule has 5 heteroatoms. The van der Waals surface area contributed by atoms with E-state index in [1.54, 1.807) is 0 Å². The lowest BCUT2D eigenvalue weighted by molar-refractivity contribution is 0.618. The van der Waals surface area contributed by atoms with Crippen LogP contribution in [0.25, 0.3) is 0 Å². The SMILES string of the molecule is Cc1cc(C)cc(C(NN)c2csnn2)c1. The van der Waals surface area contributed by atoms with Gasteiger partial charge in [0.2, 0.25) is 0 Å². The molecule has 1 aromatic heterocycles. The van der Waals surface area contributed by atoms with Crippen molar-refractivity contribution in [2.75, 3.05) is 0 Å². The third kappa shape index (κ3) is 2.27. The summed E-state index contributed by atoms with van der Waals surface area (Å²) in [6, 6.07) is 6.27. The maximum Gasteiger partial charge on any atom is 0.0983 e. The number of nitrogens with two attached hydrogens (primary N) is 1. The van der Waals surface area contributed by atoms with Crippen LogP contribution in [0, 0.1) is 13.8 Å². The number of aromatic nitrogens is 2. The highest BCUT2D eigenvalue weighted by atomic mass is 32.1. The largest absolute Gasteiger partial charge is 0.271 e. The first-order chi connectivity index (χ1) is 7.70. The molecule has 4 nitrogen and oxygen atoms in total. The van der Waals surface area contributed by atoms with Crippen LogP contribution in [-0.4, -0.2) is 9.59 Å². The zero-order valence-corrected chi connectivity index (χ0v) is 10.1. The Morgan fingerprint density at radius 3 is 2.44 bits per heavy atom. The third-order valence-electron chi connectivity index (χ3n) is 2.42. The van der Waals surface area contributed by atoms with Gasteiger partial charge in [0.15, 0.2) is 0 Å². The lowest BCUT2D eigenvalue weighted by Gasteiger charge is -2.14. The molecule has 0 saturated heterocycles. The van der Waals surface area contributed by atoms with Crippen molar-refractivity contribution in [2.45, 2.75) is 19.9 Å². The van der Waals surface area contributed by atoms with Crippen molar-refractivity contribution in [2.24, 2.45) is 5.84 Å². The van der Waals surface area contributed by atoms with E-state index in [9.17, 15) is 0 Å². The van der Waals surface area contributed by atoms with Gasteiger partial charge < -0.3 is 0 Å². The first-order valence-corrected chi connectivity index (χ1v) is 5.85. The number of hydrazine groups is 1. The molecule has 0 aliphatic carbocycles. The highest BCUT2D eigenvalue weighted by Gasteiger charge is 2.15. The van der Waals surface area contributed by atoms with Gasteiger partial charge in [0.1, 0.15) is 0 Å². The van der Waals surface area contributed by atoms with Crippen molar-refractivity contribution in [1.29, 1.82) is 0 Å². The zero-order chi connectivity index (χ0) is 11.5. The molecule has 2 aromatic rings. The van der Waals surface area contributed by atoms with Crippen molar-refractivity contribution in [3.05, 3.63) is 46.0 Å². The molecule has 0 radical (unpaired) electrons. The van der Waals surface area contributed by atoms with E-state index < -0.39 is 0 Å². The smallest absolute Gasteiger partial charge is 0.0983 e. The average Bonchev–Trinajstić information content (AvgIpc) is 2.70. The molecular weight excluding hydrogens is 220 g/mol. The van der Waals surface area contributed by atoms with Gasteiger partial charge in [-0.15, -0.1) is 5.10 Å². The second kappa shape index (κ2) is 4.69. The Labute approximate surface area is 98.6 Å². The van der Waals surface area contributed by atoms with Crippen molar-refractivity contribution >= 4 is 11.5 Å². The van der Waals surface area contributed by atoms with Crippen LogP contribution in [0.4, 0.5) is 0 Å². The Morgan fingerprint density at radius 1 is 1.25 bits per heavy atom. The molecule has 16 heavy (non-hydrogen) atoms. The summed E-state index contributed by atoms with van der Waals surface area (Å²) in [7, 11) is 0. The molecule has 0 bridgehead atoms. The molecule has 0 aliphatic rings. The van der Waals surface area contributed by atoms with Crippen LogP contribution in [0.5, 0.6) is 0 Å². The van der Waals surface area contributed by atoms with E-state index in [1.807, 2.05) is 5.38 Å². The maximum atomic E-state index is 5.58. The fourth-order valence-corrected chi connectivity index (χ4v) is 2.31. The number of nitrogens with one attached hydrogen (secondary N) is 1. The lowest BCUT2D eigenvalue weighted by atomic mass is 10.0. The van der Waals surface area contributed by atoms with E-state index in [2.05, 4.69) is 47.1 Å². The minimum atomic E-state index is -0.0858. The molecule has 0 amide bonds. The first kappa shape index (κ1) is 11.2. The van der Waals surface area contributed by atoms with E-state index >= 15 is 0 Å². The molecular formula is C11H14N4S. The summed E-state index contributed by atoms with van der Waals surface area (Å²) in [5.74, 6) is 5.58. The van der Waals surface area contributed by atoms with E-state index in [1.165, 1.54) is 22.7 Å². The molecule has 1 aromatic carbocycles. The Kier molecular flexibility index (Phi) is 3.28. The number of benzene rings is 1. The first-order valence-electron chi connectivity index (χ1n) is 5.02. The van der Waals surface area contributed by atoms with Gasteiger partial charge in [-0.1, -0.05) is 33.8 Å². The Balaban J connectivity index is 2.41. The maximum absolute atomic E-state index is 5.58. The van der Waals surface area contributed by atoms with Gasteiger partial charge in [-0.2, -0.15) is 0 Å².